The van der Waals surface area contributed by atoms with E-state index < -0.39 is 40.5 Å². The summed E-state index contributed by atoms with van der Waals surface area (Å²) in [5.74, 6) is -0.842. The highest BCUT2D eigenvalue weighted by Gasteiger charge is 2.72. The molecule has 4 saturated carbocycles. The highest BCUT2D eigenvalue weighted by Crippen LogP contribution is 2.75. The van der Waals surface area contributed by atoms with Crippen molar-refractivity contribution in [2.45, 2.75) is 111 Å². The van der Waals surface area contributed by atoms with Crippen LogP contribution in [0.4, 0.5) is 0 Å². The Morgan fingerprint density at radius 1 is 0.917 bits per heavy atom. The monoisotopic (exact) mass is 504 g/mol. The van der Waals surface area contributed by atoms with E-state index in [1.807, 2.05) is 6.92 Å². The van der Waals surface area contributed by atoms with Gasteiger partial charge in [0, 0.05) is 11.3 Å². The highest BCUT2D eigenvalue weighted by atomic mass is 16.4. The van der Waals surface area contributed by atoms with Crippen molar-refractivity contribution in [1.29, 1.82) is 0 Å². The van der Waals surface area contributed by atoms with Crippen molar-refractivity contribution >= 4 is 5.97 Å². The molecule has 0 aromatic rings. The van der Waals surface area contributed by atoms with Crippen LogP contribution in [0.25, 0.3) is 0 Å². The minimum Gasteiger partial charge on any atom is -0.481 e. The third-order valence-electron chi connectivity index (χ3n) is 13.0. The molecule has 0 unspecified atom stereocenters. The number of hydrogen-bond donors (Lipinski definition) is 5. The van der Waals surface area contributed by atoms with E-state index >= 15 is 0 Å². The summed E-state index contributed by atoms with van der Waals surface area (Å²) in [7, 11) is 0. The molecule has 0 amide bonds. The fourth-order valence-electron chi connectivity index (χ4n) is 10.9. The summed E-state index contributed by atoms with van der Waals surface area (Å²) in [5.41, 5.74) is -1.32. The van der Waals surface area contributed by atoms with E-state index in [9.17, 15) is 30.3 Å². The van der Waals surface area contributed by atoms with E-state index in [1.54, 1.807) is 0 Å². The van der Waals surface area contributed by atoms with Crippen molar-refractivity contribution in [3.8, 4) is 0 Å². The number of allylic oxidation sites excluding steroid dienone is 2. The molecular formula is C30H48O6. The minimum absolute atomic E-state index is 0.000534. The molecule has 4 fully saturated rings. The van der Waals surface area contributed by atoms with Gasteiger partial charge in [0.15, 0.2) is 0 Å². The van der Waals surface area contributed by atoms with Crippen LogP contribution in [-0.4, -0.2) is 56.4 Å². The third-order valence-corrected chi connectivity index (χ3v) is 13.0. The van der Waals surface area contributed by atoms with E-state index in [1.165, 1.54) is 5.57 Å². The molecule has 0 bridgehead atoms. The predicted octanol–water partition coefficient (Wildman–Crippen LogP) is 4.15. The first-order chi connectivity index (χ1) is 16.5. The van der Waals surface area contributed by atoms with Gasteiger partial charge in [-0.25, -0.2) is 0 Å². The smallest absolute Gasteiger partial charge is 0.310 e. The molecule has 0 aromatic carbocycles. The van der Waals surface area contributed by atoms with Crippen LogP contribution in [0.1, 0.15) is 92.9 Å². The number of rotatable bonds is 2. The number of carboxylic acid groups (broad SMARTS) is 1. The zero-order valence-corrected chi connectivity index (χ0v) is 23.0. The lowest BCUT2D eigenvalue weighted by atomic mass is 9.33. The summed E-state index contributed by atoms with van der Waals surface area (Å²) in [4.78, 5) is 12.8. The van der Waals surface area contributed by atoms with Crippen molar-refractivity contribution < 1.29 is 30.3 Å². The fraction of sp³-hybridized carbons (Fsp3) is 0.900. The van der Waals surface area contributed by atoms with E-state index in [0.29, 0.717) is 19.3 Å². The maximum atomic E-state index is 12.8. The van der Waals surface area contributed by atoms with Gasteiger partial charge in [0.1, 0.15) is 0 Å². The number of aliphatic carboxylic acids is 1. The Morgan fingerprint density at radius 3 is 2.17 bits per heavy atom. The zero-order chi connectivity index (χ0) is 26.7. The van der Waals surface area contributed by atoms with E-state index in [0.717, 1.165) is 32.1 Å². The Hall–Kier alpha value is -0.950. The molecule has 0 aliphatic heterocycles. The molecule has 5 aliphatic carbocycles. The lowest BCUT2D eigenvalue weighted by Gasteiger charge is -2.72. The van der Waals surface area contributed by atoms with Gasteiger partial charge in [0.05, 0.1) is 30.3 Å². The van der Waals surface area contributed by atoms with Crippen LogP contribution in [0, 0.1) is 50.2 Å². The van der Waals surface area contributed by atoms with Crippen LogP contribution in [0.15, 0.2) is 11.6 Å². The molecule has 0 aromatic heterocycles. The molecule has 0 spiro atoms. The Labute approximate surface area is 216 Å². The van der Waals surface area contributed by atoms with Gasteiger partial charge in [-0.15, -0.1) is 0 Å². The third kappa shape index (κ3) is 3.08. The average Bonchev–Trinajstić information content (AvgIpc) is 2.77. The van der Waals surface area contributed by atoms with Crippen molar-refractivity contribution in [3.63, 3.8) is 0 Å². The van der Waals surface area contributed by atoms with Gasteiger partial charge in [-0.05, 0) is 84.9 Å². The van der Waals surface area contributed by atoms with Crippen molar-refractivity contribution in [2.75, 3.05) is 6.61 Å². The van der Waals surface area contributed by atoms with Crippen LogP contribution in [0.2, 0.25) is 0 Å². The SMILES string of the molecule is CC1(C)CC[C@]2(C(=O)O)CC[C@]3(C)C(=CC[C@@H]4[C@@]5(C)C[C@@H](O)[C@H](O)[C@@](C)(CO)[C@H]5[C@H](O)C[C@]43C)[C@@H]2C1. The largest absolute Gasteiger partial charge is 0.481 e. The van der Waals surface area contributed by atoms with Crippen LogP contribution in [-0.2, 0) is 4.79 Å². The van der Waals surface area contributed by atoms with Gasteiger partial charge in [-0.2, -0.15) is 0 Å². The van der Waals surface area contributed by atoms with Gasteiger partial charge in [-0.1, -0.05) is 53.2 Å². The summed E-state index contributed by atoms with van der Waals surface area (Å²) in [6.45, 7) is 12.8. The molecule has 5 aliphatic rings. The average molecular weight is 505 g/mol. The molecule has 6 nitrogen and oxygen atoms in total. The van der Waals surface area contributed by atoms with Gasteiger partial charge < -0.3 is 25.5 Å². The standard InChI is InChI=1S/C30H48O6/c1-25(2)9-11-30(24(35)36)12-10-28(5)17(18(30)13-25)7-8-21-26(3)14-20(33)23(34)27(4,16-31)22(26)19(32)15-29(21,28)6/h7,18-23,31-34H,8-16H2,1-6H3,(H,35,36)/t18-,19+,20+,21+,22-,23-,26+,27-,28+,29+,30-/m0/s1. The first-order valence-corrected chi connectivity index (χ1v) is 14.1. The number of hydrogen-bond acceptors (Lipinski definition) is 5. The second-order valence-electron chi connectivity index (χ2n) is 15.2. The molecule has 6 heteroatoms. The second-order valence-corrected chi connectivity index (χ2v) is 15.2. The molecule has 0 heterocycles. The number of fused-ring (bicyclic) bond motifs is 7. The lowest BCUT2D eigenvalue weighted by Crippen LogP contribution is -2.71. The van der Waals surface area contributed by atoms with Crippen molar-refractivity contribution in [2.24, 2.45) is 50.2 Å². The molecule has 5 rings (SSSR count). The van der Waals surface area contributed by atoms with E-state index in [-0.39, 0.29) is 40.6 Å². The summed E-state index contributed by atoms with van der Waals surface area (Å²) >= 11 is 0. The van der Waals surface area contributed by atoms with Crippen LogP contribution < -0.4 is 0 Å². The Morgan fingerprint density at radius 2 is 1.56 bits per heavy atom. The summed E-state index contributed by atoms with van der Waals surface area (Å²) in [6.07, 6.45) is 5.27. The Kier molecular flexibility index (Phi) is 5.77. The number of aliphatic hydroxyl groups excluding tert-OH is 4. The van der Waals surface area contributed by atoms with E-state index in [4.69, 9.17) is 0 Å². The number of aliphatic hydroxyl groups is 4. The molecule has 0 radical (unpaired) electrons. The quantitative estimate of drug-likeness (QED) is 0.361. The number of carbonyl (C=O) groups is 1. The van der Waals surface area contributed by atoms with Gasteiger partial charge >= 0.3 is 5.97 Å². The Bertz CT molecular complexity index is 974. The molecule has 204 valence electrons. The van der Waals surface area contributed by atoms with E-state index in [2.05, 4.69) is 40.7 Å². The first-order valence-electron chi connectivity index (χ1n) is 14.1. The lowest BCUT2D eigenvalue weighted by molar-refractivity contribution is -0.273. The molecule has 36 heavy (non-hydrogen) atoms. The second kappa shape index (κ2) is 7.80. The normalized spacial score (nSPS) is 55.9. The molecule has 0 saturated heterocycles. The highest BCUT2D eigenvalue weighted by molar-refractivity contribution is 5.76. The topological polar surface area (TPSA) is 118 Å². The van der Waals surface area contributed by atoms with Crippen LogP contribution in [0.5, 0.6) is 0 Å². The summed E-state index contributed by atoms with van der Waals surface area (Å²) < 4.78 is 0. The Balaban J connectivity index is 1.64. The minimum atomic E-state index is -1.08. The van der Waals surface area contributed by atoms with Crippen LogP contribution >= 0.6 is 0 Å². The fourth-order valence-corrected chi connectivity index (χ4v) is 10.9. The van der Waals surface area contributed by atoms with Gasteiger partial charge in [0.25, 0.3) is 0 Å². The molecular weight excluding hydrogens is 456 g/mol. The molecule has 5 N–H and O–H groups in total. The number of carboxylic acids is 1. The summed E-state index contributed by atoms with van der Waals surface area (Å²) in [5, 5.41) is 54.6. The molecule has 11 atom stereocenters. The van der Waals surface area contributed by atoms with Gasteiger partial charge in [0.2, 0.25) is 0 Å². The van der Waals surface area contributed by atoms with Gasteiger partial charge in [-0.3, -0.25) is 4.79 Å². The zero-order valence-electron chi connectivity index (χ0n) is 23.0. The summed E-state index contributed by atoms with van der Waals surface area (Å²) in [6, 6.07) is 0. The van der Waals surface area contributed by atoms with Crippen LogP contribution in [0.3, 0.4) is 0 Å². The first kappa shape index (κ1) is 26.6. The maximum Gasteiger partial charge on any atom is 0.310 e. The van der Waals surface area contributed by atoms with Crippen molar-refractivity contribution in [3.05, 3.63) is 11.6 Å². The van der Waals surface area contributed by atoms with Crippen molar-refractivity contribution in [1.82, 2.24) is 0 Å². The predicted molar refractivity (Wildman–Crippen MR) is 137 cm³/mol. The maximum absolute atomic E-state index is 12.8.